The number of hydrogen-bond donors (Lipinski definition) is 2. The fourth-order valence-corrected chi connectivity index (χ4v) is 4.73. The van der Waals surface area contributed by atoms with Gasteiger partial charge in [0.2, 0.25) is 5.75 Å². The third-order valence-corrected chi connectivity index (χ3v) is 6.07. The molecule has 1 aliphatic heterocycles. The Bertz CT molecular complexity index is 953. The maximum Gasteiger partial charge on any atom is 0.203 e. The SMILES string of the molecule is COc1cc2c3c(c1O)-c1c(cc(O)c(OC)c1OC)CC[C@H]3[N+](C)([O-])CC2. The van der Waals surface area contributed by atoms with Crippen LogP contribution in [0.5, 0.6) is 28.7 Å². The number of fused-ring (bicyclic) bond motifs is 2. The predicted octanol–water partition coefficient (Wildman–Crippen LogP) is 3.28. The van der Waals surface area contributed by atoms with E-state index in [1.54, 1.807) is 13.1 Å². The fraction of sp³-hybridized carbons (Fsp3) is 0.429. The van der Waals surface area contributed by atoms with Crippen LogP contribution in [0.25, 0.3) is 11.1 Å². The van der Waals surface area contributed by atoms with Crippen LogP contribution in [-0.2, 0) is 12.8 Å². The molecule has 0 saturated heterocycles. The molecule has 0 fully saturated rings. The van der Waals surface area contributed by atoms with Crippen LogP contribution in [-0.4, -0.2) is 49.8 Å². The smallest absolute Gasteiger partial charge is 0.203 e. The van der Waals surface area contributed by atoms with E-state index in [2.05, 4.69) is 0 Å². The Morgan fingerprint density at radius 3 is 2.32 bits per heavy atom. The van der Waals surface area contributed by atoms with Gasteiger partial charge < -0.3 is 34.3 Å². The van der Waals surface area contributed by atoms with Crippen LogP contribution in [0.15, 0.2) is 12.1 Å². The monoisotopic (exact) mass is 387 g/mol. The molecule has 2 N–H and O–H groups in total. The second kappa shape index (κ2) is 6.46. The normalized spacial score (nSPS) is 22.7. The van der Waals surface area contributed by atoms with Gasteiger partial charge in [-0.3, -0.25) is 0 Å². The Morgan fingerprint density at radius 1 is 0.964 bits per heavy atom. The summed E-state index contributed by atoms with van der Waals surface area (Å²) in [6, 6.07) is 3.14. The molecule has 1 aliphatic carbocycles. The molecule has 28 heavy (non-hydrogen) atoms. The highest BCUT2D eigenvalue weighted by atomic mass is 16.5. The second-order valence-corrected chi connectivity index (χ2v) is 7.57. The van der Waals surface area contributed by atoms with E-state index in [1.807, 2.05) is 6.07 Å². The van der Waals surface area contributed by atoms with Crippen molar-refractivity contribution in [3.8, 4) is 39.9 Å². The summed E-state index contributed by atoms with van der Waals surface area (Å²) in [7, 11) is 6.14. The molecule has 0 bridgehead atoms. The molecule has 7 heteroatoms. The minimum Gasteiger partial charge on any atom is -0.633 e. The average Bonchev–Trinajstić information content (AvgIpc) is 2.84. The number of hydroxylamine groups is 3. The molecule has 1 heterocycles. The van der Waals surface area contributed by atoms with Gasteiger partial charge in [0.15, 0.2) is 23.0 Å². The molecule has 0 aromatic heterocycles. The van der Waals surface area contributed by atoms with Crippen LogP contribution in [0.3, 0.4) is 0 Å². The van der Waals surface area contributed by atoms with Crippen molar-refractivity contribution in [2.24, 2.45) is 0 Å². The first kappa shape index (κ1) is 18.7. The van der Waals surface area contributed by atoms with Gasteiger partial charge in [0.25, 0.3) is 0 Å². The molecule has 150 valence electrons. The van der Waals surface area contributed by atoms with E-state index in [0.717, 1.165) is 16.7 Å². The first-order chi connectivity index (χ1) is 13.3. The van der Waals surface area contributed by atoms with E-state index in [-0.39, 0.29) is 23.3 Å². The van der Waals surface area contributed by atoms with Gasteiger partial charge in [-0.05, 0) is 29.7 Å². The Kier molecular flexibility index (Phi) is 4.32. The number of phenolic OH excluding ortho intramolecular Hbond substituents is 2. The Labute approximate surface area is 163 Å². The third-order valence-electron chi connectivity index (χ3n) is 6.07. The molecule has 0 radical (unpaired) electrons. The summed E-state index contributed by atoms with van der Waals surface area (Å²) >= 11 is 0. The minimum absolute atomic E-state index is 0.0256. The van der Waals surface area contributed by atoms with E-state index >= 15 is 0 Å². The standard InChI is InChI=1S/C21H25NO6/c1-22(25)8-7-12-10-15(26-2)19(24)18-16(12)13(22)6-5-11-9-14(23)20(27-3)21(28-4)17(11)18/h9-10,13,23-24H,5-8H2,1-4H3/t13-,22?/m1/s1. The van der Waals surface area contributed by atoms with Crippen LogP contribution in [0.1, 0.15) is 29.2 Å². The van der Waals surface area contributed by atoms with Crippen molar-refractivity contribution >= 4 is 0 Å². The van der Waals surface area contributed by atoms with Crippen LogP contribution in [0.2, 0.25) is 0 Å². The molecule has 7 nitrogen and oxygen atoms in total. The van der Waals surface area contributed by atoms with Crippen LogP contribution in [0, 0.1) is 5.21 Å². The van der Waals surface area contributed by atoms with E-state index < -0.39 is 4.65 Å². The van der Waals surface area contributed by atoms with Gasteiger partial charge in [-0.15, -0.1) is 0 Å². The van der Waals surface area contributed by atoms with E-state index in [1.165, 1.54) is 21.3 Å². The lowest BCUT2D eigenvalue weighted by Crippen LogP contribution is -2.46. The highest BCUT2D eigenvalue weighted by Crippen LogP contribution is 2.57. The predicted molar refractivity (Wildman–Crippen MR) is 104 cm³/mol. The number of methoxy groups -OCH3 is 3. The fourth-order valence-electron chi connectivity index (χ4n) is 4.73. The van der Waals surface area contributed by atoms with Gasteiger partial charge in [0, 0.05) is 29.5 Å². The van der Waals surface area contributed by atoms with Crippen molar-refractivity contribution in [3.63, 3.8) is 0 Å². The Hall–Kier alpha value is -2.64. The van der Waals surface area contributed by atoms with Gasteiger partial charge in [0.1, 0.15) is 6.04 Å². The van der Waals surface area contributed by atoms with Crippen molar-refractivity contribution in [3.05, 3.63) is 34.0 Å². The molecule has 0 saturated carbocycles. The number of nitrogens with zero attached hydrogens (tertiary/aromatic N) is 1. The zero-order chi connectivity index (χ0) is 20.2. The summed E-state index contributed by atoms with van der Waals surface area (Å²) in [4.78, 5) is 0. The number of phenols is 2. The van der Waals surface area contributed by atoms with Crippen molar-refractivity contribution in [2.75, 3.05) is 34.9 Å². The van der Waals surface area contributed by atoms with Gasteiger partial charge in [-0.1, -0.05) is 0 Å². The molecule has 2 atom stereocenters. The molecule has 4 rings (SSSR count). The average molecular weight is 387 g/mol. The largest absolute Gasteiger partial charge is 0.633 e. The lowest BCUT2D eigenvalue weighted by molar-refractivity contribution is -0.895. The summed E-state index contributed by atoms with van der Waals surface area (Å²) in [5.74, 6) is 0.842. The quantitative estimate of drug-likeness (QED) is 0.620. The molecule has 2 aliphatic rings. The summed E-state index contributed by atoms with van der Waals surface area (Å²) in [5, 5.41) is 34.8. The highest BCUT2D eigenvalue weighted by Gasteiger charge is 2.41. The van der Waals surface area contributed by atoms with Crippen LogP contribution in [0.4, 0.5) is 0 Å². The van der Waals surface area contributed by atoms with Crippen LogP contribution >= 0.6 is 0 Å². The van der Waals surface area contributed by atoms with Gasteiger partial charge >= 0.3 is 0 Å². The minimum atomic E-state index is -0.398. The maximum atomic E-state index is 13.3. The van der Waals surface area contributed by atoms with Gasteiger partial charge in [-0.2, -0.15) is 0 Å². The second-order valence-electron chi connectivity index (χ2n) is 7.57. The number of aromatic hydroxyl groups is 2. The lowest BCUT2D eigenvalue weighted by atomic mass is 9.85. The number of aryl methyl sites for hydroxylation is 1. The highest BCUT2D eigenvalue weighted by molar-refractivity contribution is 5.88. The lowest BCUT2D eigenvalue weighted by Gasteiger charge is -2.49. The van der Waals surface area contributed by atoms with Gasteiger partial charge in [0.05, 0.1) is 34.9 Å². The van der Waals surface area contributed by atoms with Gasteiger partial charge in [-0.25, -0.2) is 0 Å². The summed E-state index contributed by atoms with van der Waals surface area (Å²) in [6.07, 6.45) is 1.77. The maximum absolute atomic E-state index is 13.3. The molecule has 0 spiro atoms. The zero-order valence-corrected chi connectivity index (χ0v) is 16.5. The molecular formula is C21H25NO6. The van der Waals surface area contributed by atoms with E-state index in [4.69, 9.17) is 14.2 Å². The van der Waals surface area contributed by atoms with Crippen molar-refractivity contribution in [1.82, 2.24) is 0 Å². The number of ether oxygens (including phenoxy) is 3. The summed E-state index contributed by atoms with van der Waals surface area (Å²) < 4.78 is 16.0. The first-order valence-corrected chi connectivity index (χ1v) is 9.30. The van der Waals surface area contributed by atoms with E-state index in [0.29, 0.717) is 48.4 Å². The molecule has 0 amide bonds. The van der Waals surface area contributed by atoms with Crippen LogP contribution < -0.4 is 14.2 Å². The number of benzene rings is 2. The third kappa shape index (κ3) is 2.50. The zero-order valence-electron chi connectivity index (χ0n) is 16.5. The molecule has 2 aromatic carbocycles. The molecule has 1 unspecified atom stereocenters. The number of likely N-dealkylation sites (N-methyl/N-ethyl adjacent to an activating group) is 1. The number of hydrogen-bond acceptors (Lipinski definition) is 6. The summed E-state index contributed by atoms with van der Waals surface area (Å²) in [5.41, 5.74) is 3.83. The van der Waals surface area contributed by atoms with Crippen molar-refractivity contribution < 1.29 is 29.1 Å². The summed E-state index contributed by atoms with van der Waals surface area (Å²) in [6.45, 7) is 0.465. The molecule has 2 aromatic rings. The first-order valence-electron chi connectivity index (χ1n) is 9.30. The van der Waals surface area contributed by atoms with Crippen molar-refractivity contribution in [2.45, 2.75) is 25.3 Å². The Balaban J connectivity index is 2.15. The van der Waals surface area contributed by atoms with Crippen molar-refractivity contribution in [1.29, 1.82) is 0 Å². The van der Waals surface area contributed by atoms with E-state index in [9.17, 15) is 15.4 Å². The number of rotatable bonds is 3. The topological polar surface area (TPSA) is 91.2 Å². The number of quaternary nitrogens is 1. The Morgan fingerprint density at radius 2 is 1.68 bits per heavy atom. The molecular weight excluding hydrogens is 362 g/mol.